The zero-order valence-corrected chi connectivity index (χ0v) is 13.5. The van der Waals surface area contributed by atoms with Crippen molar-refractivity contribution in [3.8, 4) is 22.8 Å². The topological polar surface area (TPSA) is 49.9 Å². The zero-order valence-electron chi connectivity index (χ0n) is 13.5. The van der Waals surface area contributed by atoms with E-state index in [1.165, 1.54) is 5.69 Å². The van der Waals surface area contributed by atoms with Gasteiger partial charge in [0.1, 0.15) is 11.5 Å². The molecule has 3 aromatic rings. The summed E-state index contributed by atoms with van der Waals surface area (Å²) in [4.78, 5) is 0. The second-order valence-corrected chi connectivity index (χ2v) is 6.14. The van der Waals surface area contributed by atoms with Crippen LogP contribution in [0, 0.1) is 0 Å². The van der Waals surface area contributed by atoms with E-state index < -0.39 is 0 Å². The summed E-state index contributed by atoms with van der Waals surface area (Å²) in [7, 11) is 0. The van der Waals surface area contributed by atoms with Gasteiger partial charge in [-0.2, -0.15) is 5.10 Å². The summed E-state index contributed by atoms with van der Waals surface area (Å²) in [6.07, 6.45) is 2.31. The first-order valence-electron chi connectivity index (χ1n) is 8.48. The molecular weight excluding hydrogens is 298 g/mol. The van der Waals surface area contributed by atoms with Crippen molar-refractivity contribution >= 4 is 0 Å². The lowest BCUT2D eigenvalue weighted by Gasteiger charge is -2.20. The van der Waals surface area contributed by atoms with E-state index in [9.17, 15) is 0 Å². The predicted octanol–water partition coefficient (Wildman–Crippen LogP) is 4.34. The number of para-hydroxylation sites is 2. The van der Waals surface area contributed by atoms with Crippen LogP contribution < -0.4 is 10.1 Å². The number of aromatic nitrogens is 2. The Morgan fingerprint density at radius 2 is 1.67 bits per heavy atom. The van der Waals surface area contributed by atoms with Crippen molar-refractivity contribution < 1.29 is 4.74 Å². The van der Waals surface area contributed by atoms with Crippen LogP contribution in [0.4, 0.5) is 0 Å². The van der Waals surface area contributed by atoms with Crippen molar-refractivity contribution in [2.45, 2.75) is 18.8 Å². The number of hydrogen-bond acceptors (Lipinski definition) is 3. The first-order valence-corrected chi connectivity index (χ1v) is 8.48. The molecule has 0 saturated carbocycles. The fourth-order valence-corrected chi connectivity index (χ4v) is 3.20. The van der Waals surface area contributed by atoms with E-state index in [0.29, 0.717) is 5.92 Å². The molecule has 1 saturated heterocycles. The number of hydrogen-bond donors (Lipinski definition) is 2. The van der Waals surface area contributed by atoms with E-state index in [0.717, 1.165) is 48.7 Å². The number of benzene rings is 2. The van der Waals surface area contributed by atoms with Crippen LogP contribution in [0.1, 0.15) is 24.5 Å². The molecule has 0 radical (unpaired) electrons. The van der Waals surface area contributed by atoms with Crippen molar-refractivity contribution in [2.24, 2.45) is 0 Å². The van der Waals surface area contributed by atoms with Crippen molar-refractivity contribution in [1.29, 1.82) is 0 Å². The number of rotatable bonds is 4. The van der Waals surface area contributed by atoms with E-state index in [2.05, 4.69) is 27.6 Å². The average Bonchev–Trinajstić information content (AvgIpc) is 3.14. The van der Waals surface area contributed by atoms with Crippen LogP contribution in [-0.4, -0.2) is 23.3 Å². The van der Waals surface area contributed by atoms with E-state index in [4.69, 9.17) is 4.74 Å². The maximum Gasteiger partial charge on any atom is 0.136 e. The largest absolute Gasteiger partial charge is 0.457 e. The van der Waals surface area contributed by atoms with E-state index in [1.54, 1.807) is 0 Å². The quantitative estimate of drug-likeness (QED) is 0.752. The molecule has 2 aromatic carbocycles. The van der Waals surface area contributed by atoms with Gasteiger partial charge < -0.3 is 10.1 Å². The van der Waals surface area contributed by atoms with Crippen LogP contribution in [0.5, 0.6) is 11.5 Å². The van der Waals surface area contributed by atoms with Crippen LogP contribution in [0.2, 0.25) is 0 Å². The molecular formula is C20H21N3O. The molecule has 2 heterocycles. The lowest BCUT2D eigenvalue weighted by atomic mass is 9.94. The smallest absolute Gasteiger partial charge is 0.136 e. The van der Waals surface area contributed by atoms with Gasteiger partial charge in [-0.1, -0.05) is 30.3 Å². The molecule has 4 rings (SSSR count). The van der Waals surface area contributed by atoms with Gasteiger partial charge in [-0.25, -0.2) is 0 Å². The van der Waals surface area contributed by atoms with Crippen LogP contribution in [0.15, 0.2) is 60.7 Å². The number of ether oxygens (including phenoxy) is 1. The second-order valence-electron chi connectivity index (χ2n) is 6.14. The van der Waals surface area contributed by atoms with Gasteiger partial charge in [0.15, 0.2) is 0 Å². The Kier molecular flexibility index (Phi) is 4.30. The third-order valence-corrected chi connectivity index (χ3v) is 4.51. The molecule has 4 heteroatoms. The molecule has 0 spiro atoms. The molecule has 2 N–H and O–H groups in total. The maximum absolute atomic E-state index is 6.05. The van der Waals surface area contributed by atoms with Gasteiger partial charge in [-0.3, -0.25) is 5.10 Å². The van der Waals surface area contributed by atoms with Gasteiger partial charge in [0.25, 0.3) is 0 Å². The van der Waals surface area contributed by atoms with Gasteiger partial charge in [0.05, 0.1) is 5.69 Å². The normalized spacial score (nSPS) is 15.3. The Bertz CT molecular complexity index is 791. The highest BCUT2D eigenvalue weighted by Gasteiger charge is 2.18. The molecule has 1 aliphatic heterocycles. The highest BCUT2D eigenvalue weighted by molar-refractivity contribution is 5.68. The fraction of sp³-hybridized carbons (Fsp3) is 0.250. The minimum atomic E-state index is 0.565. The van der Waals surface area contributed by atoms with Gasteiger partial charge in [0.2, 0.25) is 0 Å². The lowest BCUT2D eigenvalue weighted by molar-refractivity contribution is 0.453. The van der Waals surface area contributed by atoms with Gasteiger partial charge in [-0.15, -0.1) is 0 Å². The molecule has 4 nitrogen and oxygen atoms in total. The molecule has 0 atom stereocenters. The molecule has 1 aliphatic rings. The molecule has 1 fully saturated rings. The third-order valence-electron chi connectivity index (χ3n) is 4.51. The van der Waals surface area contributed by atoms with Crippen molar-refractivity contribution in [3.05, 3.63) is 66.4 Å². The van der Waals surface area contributed by atoms with Crippen molar-refractivity contribution in [3.63, 3.8) is 0 Å². The fourth-order valence-electron chi connectivity index (χ4n) is 3.20. The highest BCUT2D eigenvalue weighted by Crippen LogP contribution is 2.34. The number of aromatic amines is 1. The summed E-state index contributed by atoms with van der Waals surface area (Å²) in [5.41, 5.74) is 3.17. The number of H-pyrrole nitrogens is 1. The van der Waals surface area contributed by atoms with Gasteiger partial charge in [-0.05, 0) is 56.3 Å². The summed E-state index contributed by atoms with van der Waals surface area (Å²) in [6.45, 7) is 2.15. The van der Waals surface area contributed by atoms with Crippen LogP contribution in [0.25, 0.3) is 11.3 Å². The number of nitrogens with zero attached hydrogens (tertiary/aromatic N) is 1. The molecule has 1 aromatic heterocycles. The van der Waals surface area contributed by atoms with E-state index in [1.807, 2.05) is 48.5 Å². The van der Waals surface area contributed by atoms with E-state index >= 15 is 0 Å². The molecule has 0 bridgehead atoms. The molecule has 122 valence electrons. The first kappa shape index (κ1) is 15.0. The Morgan fingerprint density at radius 3 is 2.50 bits per heavy atom. The first-order chi connectivity index (χ1) is 11.9. The maximum atomic E-state index is 6.05. The Hall–Kier alpha value is -2.59. The summed E-state index contributed by atoms with van der Waals surface area (Å²) >= 11 is 0. The third kappa shape index (κ3) is 3.19. The zero-order chi connectivity index (χ0) is 16.2. The molecule has 0 aliphatic carbocycles. The van der Waals surface area contributed by atoms with Crippen molar-refractivity contribution in [2.75, 3.05) is 13.1 Å². The van der Waals surface area contributed by atoms with Crippen LogP contribution >= 0.6 is 0 Å². The Morgan fingerprint density at radius 1 is 0.917 bits per heavy atom. The van der Waals surface area contributed by atoms with Crippen molar-refractivity contribution in [1.82, 2.24) is 15.5 Å². The average molecular weight is 319 g/mol. The van der Waals surface area contributed by atoms with Crippen LogP contribution in [-0.2, 0) is 0 Å². The summed E-state index contributed by atoms with van der Waals surface area (Å²) < 4.78 is 6.05. The SMILES string of the molecule is c1ccc(Oc2ccccc2-c2cc(C3CCNCC3)[nH]n2)cc1. The summed E-state index contributed by atoms with van der Waals surface area (Å²) in [5.74, 6) is 2.22. The van der Waals surface area contributed by atoms with Crippen LogP contribution in [0.3, 0.4) is 0 Å². The number of nitrogens with one attached hydrogen (secondary N) is 2. The summed E-state index contributed by atoms with van der Waals surface area (Å²) in [6, 6.07) is 20.1. The minimum absolute atomic E-state index is 0.565. The number of piperidine rings is 1. The molecule has 0 amide bonds. The van der Waals surface area contributed by atoms with E-state index in [-0.39, 0.29) is 0 Å². The van der Waals surface area contributed by atoms with Gasteiger partial charge >= 0.3 is 0 Å². The van der Waals surface area contributed by atoms with Gasteiger partial charge in [0, 0.05) is 17.2 Å². The second kappa shape index (κ2) is 6.89. The predicted molar refractivity (Wildman–Crippen MR) is 95.4 cm³/mol. The Labute approximate surface area is 141 Å². The standard InChI is InChI=1S/C20H21N3O/c1-2-6-16(7-3-1)24-20-9-5-4-8-17(20)19-14-18(22-23-19)15-10-12-21-13-11-15/h1-9,14-15,21H,10-13H2,(H,22,23). The molecule has 0 unspecified atom stereocenters. The lowest BCUT2D eigenvalue weighted by Crippen LogP contribution is -2.26. The monoisotopic (exact) mass is 319 g/mol. The minimum Gasteiger partial charge on any atom is -0.457 e. The molecule has 24 heavy (non-hydrogen) atoms. The highest BCUT2D eigenvalue weighted by atomic mass is 16.5. The Balaban J connectivity index is 1.61. The summed E-state index contributed by atoms with van der Waals surface area (Å²) in [5, 5.41) is 11.2.